The van der Waals surface area contributed by atoms with Crippen LogP contribution in [0.25, 0.3) is 0 Å². The van der Waals surface area contributed by atoms with Crippen LogP contribution >= 0.6 is 0 Å². The minimum atomic E-state index is 0.273. The predicted molar refractivity (Wildman–Crippen MR) is 69.0 cm³/mol. The summed E-state index contributed by atoms with van der Waals surface area (Å²) in [6.45, 7) is 6.29. The lowest BCUT2D eigenvalue weighted by molar-refractivity contribution is 0.411. The van der Waals surface area contributed by atoms with Crippen LogP contribution in [0.2, 0.25) is 0 Å². The lowest BCUT2D eigenvalue weighted by Gasteiger charge is -2.15. The Morgan fingerprint density at radius 2 is 2.06 bits per heavy atom. The van der Waals surface area contributed by atoms with Crippen LogP contribution in [0.1, 0.15) is 31.0 Å². The number of hydrogen-bond donors (Lipinski definition) is 1. The Balaban J connectivity index is 3.03. The Morgan fingerprint density at radius 3 is 2.50 bits per heavy atom. The SMILES string of the molecule is CNC(C=C(C)C)c1ccc(OC)c(C)c1. The Labute approximate surface area is 98.3 Å². The molecule has 0 amide bonds. The van der Waals surface area contributed by atoms with E-state index in [1.807, 2.05) is 13.1 Å². The number of allylic oxidation sites excluding steroid dienone is 1. The number of nitrogens with one attached hydrogen (secondary N) is 1. The van der Waals surface area contributed by atoms with Gasteiger partial charge in [-0.25, -0.2) is 0 Å². The minimum absolute atomic E-state index is 0.273. The van der Waals surface area contributed by atoms with E-state index < -0.39 is 0 Å². The van der Waals surface area contributed by atoms with Gasteiger partial charge in [0.1, 0.15) is 5.75 Å². The third-order valence-electron chi connectivity index (χ3n) is 2.59. The lowest BCUT2D eigenvalue weighted by atomic mass is 10.0. The van der Waals surface area contributed by atoms with Crippen LogP contribution in [-0.4, -0.2) is 14.2 Å². The molecule has 1 aromatic carbocycles. The molecule has 2 nitrogen and oxygen atoms in total. The fraction of sp³-hybridized carbons (Fsp3) is 0.429. The number of benzene rings is 1. The van der Waals surface area contributed by atoms with E-state index in [4.69, 9.17) is 4.74 Å². The number of methoxy groups -OCH3 is 1. The summed E-state index contributed by atoms with van der Waals surface area (Å²) in [5.41, 5.74) is 3.75. The average molecular weight is 219 g/mol. The van der Waals surface area contributed by atoms with Gasteiger partial charge in [-0.1, -0.05) is 23.8 Å². The molecule has 0 aromatic heterocycles. The fourth-order valence-corrected chi connectivity index (χ4v) is 1.77. The minimum Gasteiger partial charge on any atom is -0.496 e. The highest BCUT2D eigenvalue weighted by Crippen LogP contribution is 2.23. The Morgan fingerprint density at radius 1 is 1.38 bits per heavy atom. The lowest BCUT2D eigenvalue weighted by Crippen LogP contribution is -2.14. The molecule has 1 atom stereocenters. The van der Waals surface area contributed by atoms with Crippen molar-refractivity contribution < 1.29 is 4.74 Å². The first-order valence-corrected chi connectivity index (χ1v) is 5.55. The summed E-state index contributed by atoms with van der Waals surface area (Å²) in [5, 5.41) is 3.30. The van der Waals surface area contributed by atoms with E-state index in [0.717, 1.165) is 5.75 Å². The highest BCUT2D eigenvalue weighted by atomic mass is 16.5. The molecule has 1 N–H and O–H groups in total. The molecular formula is C14H21NO. The second-order valence-electron chi connectivity index (χ2n) is 4.24. The molecule has 88 valence electrons. The Hall–Kier alpha value is -1.28. The molecule has 1 unspecified atom stereocenters. The van der Waals surface area contributed by atoms with Crippen molar-refractivity contribution in [2.45, 2.75) is 26.8 Å². The number of aryl methyl sites for hydroxylation is 1. The van der Waals surface area contributed by atoms with Crippen LogP contribution in [0, 0.1) is 6.92 Å². The van der Waals surface area contributed by atoms with E-state index in [2.05, 4.69) is 44.3 Å². The fourth-order valence-electron chi connectivity index (χ4n) is 1.77. The molecule has 2 heteroatoms. The topological polar surface area (TPSA) is 21.3 Å². The van der Waals surface area contributed by atoms with Gasteiger partial charge in [0.15, 0.2) is 0 Å². The maximum absolute atomic E-state index is 5.26. The van der Waals surface area contributed by atoms with E-state index in [1.54, 1.807) is 7.11 Å². The highest BCUT2D eigenvalue weighted by Gasteiger charge is 2.07. The molecule has 0 radical (unpaired) electrons. The molecule has 1 rings (SSSR count). The maximum atomic E-state index is 5.26. The zero-order valence-corrected chi connectivity index (χ0v) is 10.8. The van der Waals surface area contributed by atoms with Crippen LogP contribution in [-0.2, 0) is 0 Å². The molecule has 0 aliphatic heterocycles. The second kappa shape index (κ2) is 5.71. The molecule has 0 saturated heterocycles. The van der Waals surface area contributed by atoms with Crippen LogP contribution in [0.4, 0.5) is 0 Å². The zero-order chi connectivity index (χ0) is 12.1. The monoisotopic (exact) mass is 219 g/mol. The van der Waals surface area contributed by atoms with E-state index in [1.165, 1.54) is 16.7 Å². The van der Waals surface area contributed by atoms with E-state index in [-0.39, 0.29) is 6.04 Å². The van der Waals surface area contributed by atoms with Gasteiger partial charge >= 0.3 is 0 Å². The molecule has 1 aromatic rings. The quantitative estimate of drug-likeness (QED) is 0.785. The van der Waals surface area contributed by atoms with Crippen LogP contribution < -0.4 is 10.1 Å². The summed E-state index contributed by atoms with van der Waals surface area (Å²) in [6, 6.07) is 6.56. The summed E-state index contributed by atoms with van der Waals surface area (Å²) in [7, 11) is 3.68. The third kappa shape index (κ3) is 3.11. The van der Waals surface area contributed by atoms with E-state index in [9.17, 15) is 0 Å². The van der Waals surface area contributed by atoms with Crippen LogP contribution in [0.15, 0.2) is 29.8 Å². The normalized spacial score (nSPS) is 12.1. The van der Waals surface area contributed by atoms with Gasteiger partial charge in [-0.2, -0.15) is 0 Å². The summed E-state index contributed by atoms with van der Waals surface area (Å²) in [4.78, 5) is 0. The third-order valence-corrected chi connectivity index (χ3v) is 2.59. The number of rotatable bonds is 4. The van der Waals surface area contributed by atoms with Crippen LogP contribution in [0.3, 0.4) is 0 Å². The largest absolute Gasteiger partial charge is 0.496 e. The smallest absolute Gasteiger partial charge is 0.121 e. The van der Waals surface area contributed by atoms with E-state index in [0.29, 0.717) is 0 Å². The molecule has 16 heavy (non-hydrogen) atoms. The van der Waals surface area contributed by atoms with Gasteiger partial charge < -0.3 is 10.1 Å². The van der Waals surface area contributed by atoms with Crippen molar-refractivity contribution >= 4 is 0 Å². The van der Waals surface area contributed by atoms with Gasteiger partial charge in [0.05, 0.1) is 13.2 Å². The van der Waals surface area contributed by atoms with Gasteiger partial charge in [0.2, 0.25) is 0 Å². The summed E-state index contributed by atoms with van der Waals surface area (Å²) >= 11 is 0. The van der Waals surface area contributed by atoms with Crippen molar-refractivity contribution in [3.8, 4) is 5.75 Å². The van der Waals surface area contributed by atoms with Gasteiger partial charge in [0.25, 0.3) is 0 Å². The summed E-state index contributed by atoms with van der Waals surface area (Å²) in [5.74, 6) is 0.941. The Bertz CT molecular complexity index is 378. The molecule has 0 bridgehead atoms. The molecule has 0 saturated carbocycles. The van der Waals surface area contributed by atoms with Crippen molar-refractivity contribution in [3.63, 3.8) is 0 Å². The zero-order valence-electron chi connectivity index (χ0n) is 10.8. The van der Waals surface area contributed by atoms with Crippen molar-refractivity contribution in [1.29, 1.82) is 0 Å². The Kier molecular flexibility index (Phi) is 4.56. The average Bonchev–Trinajstić information content (AvgIpc) is 2.25. The van der Waals surface area contributed by atoms with Gasteiger partial charge in [-0.3, -0.25) is 0 Å². The summed E-state index contributed by atoms with van der Waals surface area (Å²) in [6.07, 6.45) is 2.22. The molecule has 0 aliphatic carbocycles. The first kappa shape index (κ1) is 12.8. The van der Waals surface area contributed by atoms with E-state index >= 15 is 0 Å². The first-order chi connectivity index (χ1) is 7.58. The standard InChI is InChI=1S/C14H21NO/c1-10(2)8-13(15-4)12-6-7-14(16-5)11(3)9-12/h6-9,13,15H,1-5H3. The molecular weight excluding hydrogens is 198 g/mol. The predicted octanol–water partition coefficient (Wildman–Crippen LogP) is 3.23. The van der Waals surface area contributed by atoms with Gasteiger partial charge in [0, 0.05) is 0 Å². The van der Waals surface area contributed by atoms with Crippen molar-refractivity contribution in [2.24, 2.45) is 0 Å². The first-order valence-electron chi connectivity index (χ1n) is 5.55. The van der Waals surface area contributed by atoms with Crippen LogP contribution in [0.5, 0.6) is 5.75 Å². The number of hydrogen-bond acceptors (Lipinski definition) is 2. The maximum Gasteiger partial charge on any atom is 0.121 e. The number of likely N-dealkylation sites (N-methyl/N-ethyl adjacent to an activating group) is 1. The molecule has 0 heterocycles. The molecule has 0 spiro atoms. The van der Waals surface area contributed by atoms with Crippen molar-refractivity contribution in [2.75, 3.05) is 14.2 Å². The van der Waals surface area contributed by atoms with Gasteiger partial charge in [-0.05, 0) is 45.0 Å². The number of ether oxygens (including phenoxy) is 1. The van der Waals surface area contributed by atoms with Gasteiger partial charge in [-0.15, -0.1) is 0 Å². The molecule has 0 fully saturated rings. The highest BCUT2D eigenvalue weighted by molar-refractivity contribution is 5.38. The van der Waals surface area contributed by atoms with Crippen molar-refractivity contribution in [3.05, 3.63) is 41.0 Å². The van der Waals surface area contributed by atoms with Crippen molar-refractivity contribution in [1.82, 2.24) is 5.32 Å². The second-order valence-corrected chi connectivity index (χ2v) is 4.24. The summed E-state index contributed by atoms with van der Waals surface area (Å²) < 4.78 is 5.26. The molecule has 0 aliphatic rings.